The van der Waals surface area contributed by atoms with Crippen LogP contribution in [0.3, 0.4) is 0 Å². The van der Waals surface area contributed by atoms with E-state index in [0.717, 1.165) is 30.5 Å². The summed E-state index contributed by atoms with van der Waals surface area (Å²) in [5, 5.41) is 7.05. The summed E-state index contributed by atoms with van der Waals surface area (Å²) in [5.41, 5.74) is 8.85. The van der Waals surface area contributed by atoms with Crippen molar-refractivity contribution in [3.8, 4) is 0 Å². The first-order valence-corrected chi connectivity index (χ1v) is 9.65. The number of carbonyl (C=O) groups is 1. The van der Waals surface area contributed by atoms with Gasteiger partial charge in [-0.3, -0.25) is 4.79 Å². The van der Waals surface area contributed by atoms with E-state index >= 15 is 0 Å². The second kappa shape index (κ2) is 6.34. The summed E-state index contributed by atoms with van der Waals surface area (Å²) in [6.45, 7) is 1.97. The van der Waals surface area contributed by atoms with Crippen molar-refractivity contribution in [3.63, 3.8) is 0 Å². The van der Waals surface area contributed by atoms with Gasteiger partial charge in [0.2, 0.25) is 5.91 Å². The van der Waals surface area contributed by atoms with E-state index in [1.165, 1.54) is 27.5 Å². The third kappa shape index (κ3) is 2.84. The van der Waals surface area contributed by atoms with Crippen LogP contribution >= 0.6 is 0 Å². The summed E-state index contributed by atoms with van der Waals surface area (Å²) < 4.78 is 0. The van der Waals surface area contributed by atoms with E-state index in [9.17, 15) is 4.79 Å². The van der Waals surface area contributed by atoms with Crippen LogP contribution < -0.4 is 5.43 Å². The minimum Gasteiger partial charge on any atom is -0.273 e. The molecule has 3 aromatic carbocycles. The first-order chi connectivity index (χ1) is 13.2. The number of benzene rings is 3. The van der Waals surface area contributed by atoms with Gasteiger partial charge in [-0.2, -0.15) is 5.10 Å². The number of hydrogen-bond donors (Lipinski definition) is 1. The average Bonchev–Trinajstić information content (AvgIpc) is 3.41. The highest BCUT2D eigenvalue weighted by atomic mass is 16.2. The van der Waals surface area contributed by atoms with E-state index in [-0.39, 0.29) is 11.8 Å². The van der Waals surface area contributed by atoms with Crippen LogP contribution in [0.5, 0.6) is 0 Å². The largest absolute Gasteiger partial charge is 0.273 e. The summed E-state index contributed by atoms with van der Waals surface area (Å²) in [6, 6.07) is 21.1. The van der Waals surface area contributed by atoms with Crippen molar-refractivity contribution >= 4 is 22.4 Å². The quantitative estimate of drug-likeness (QED) is 0.541. The molecule has 0 radical (unpaired) electrons. The van der Waals surface area contributed by atoms with Gasteiger partial charge in [0.15, 0.2) is 0 Å². The fourth-order valence-electron chi connectivity index (χ4n) is 4.40. The molecule has 2 aliphatic carbocycles. The Morgan fingerprint density at radius 1 is 0.963 bits per heavy atom. The summed E-state index contributed by atoms with van der Waals surface area (Å²) in [6.07, 6.45) is 3.14. The predicted molar refractivity (Wildman–Crippen MR) is 109 cm³/mol. The zero-order valence-corrected chi connectivity index (χ0v) is 15.4. The van der Waals surface area contributed by atoms with Gasteiger partial charge in [-0.15, -0.1) is 0 Å². The third-order valence-electron chi connectivity index (χ3n) is 5.96. The lowest BCUT2D eigenvalue weighted by atomic mass is 9.98. The molecule has 5 rings (SSSR count). The number of rotatable bonds is 4. The maximum atomic E-state index is 12.5. The molecule has 2 aliphatic rings. The van der Waals surface area contributed by atoms with E-state index in [1.54, 1.807) is 0 Å². The molecule has 134 valence electrons. The summed E-state index contributed by atoms with van der Waals surface area (Å²) in [4.78, 5) is 12.5. The molecule has 0 heterocycles. The maximum Gasteiger partial charge on any atom is 0.243 e. The van der Waals surface area contributed by atoms with Crippen molar-refractivity contribution in [3.05, 3.63) is 82.9 Å². The highest BCUT2D eigenvalue weighted by Gasteiger charge is 2.43. The van der Waals surface area contributed by atoms with Crippen LogP contribution in [0.25, 0.3) is 10.8 Å². The molecule has 1 N–H and O–H groups in total. The second-order valence-corrected chi connectivity index (χ2v) is 7.64. The standard InChI is InChI=1S/C24H22N2O/c1-15(19-13-12-18-11-10-17-8-5-9-20(19)23(17)18)25-26-24(27)22-14-21(22)16-6-3-2-4-7-16/h2-9,12-13,21-22H,10-11,14H2,1H3,(H,26,27)/t21-,22+/m0/s1. The predicted octanol–water partition coefficient (Wildman–Crippen LogP) is 4.58. The Morgan fingerprint density at radius 3 is 2.56 bits per heavy atom. The van der Waals surface area contributed by atoms with Crippen molar-refractivity contribution in [1.29, 1.82) is 0 Å². The highest BCUT2D eigenvalue weighted by Crippen LogP contribution is 2.47. The molecular formula is C24H22N2O. The minimum atomic E-state index is 0.0223. The van der Waals surface area contributed by atoms with Crippen molar-refractivity contribution in [2.75, 3.05) is 0 Å². The van der Waals surface area contributed by atoms with Crippen LogP contribution in [0, 0.1) is 5.92 Å². The minimum absolute atomic E-state index is 0.0223. The Hall–Kier alpha value is -2.94. The molecule has 1 fully saturated rings. The van der Waals surface area contributed by atoms with Gasteiger partial charge in [0.1, 0.15) is 0 Å². The SMILES string of the molecule is CC(=NNC(=O)[C@@H]1C[C@H]1c1ccccc1)c1ccc2c3c(cccc13)CC2. The molecule has 3 aromatic rings. The van der Waals surface area contributed by atoms with Crippen LogP contribution in [-0.2, 0) is 17.6 Å². The molecule has 2 atom stereocenters. The average molecular weight is 354 g/mol. The summed E-state index contributed by atoms with van der Waals surface area (Å²) in [5.74, 6) is 0.393. The number of carbonyl (C=O) groups excluding carboxylic acids is 1. The molecular weight excluding hydrogens is 332 g/mol. The molecule has 0 bridgehead atoms. The number of nitrogens with one attached hydrogen (secondary N) is 1. The molecule has 0 spiro atoms. The Morgan fingerprint density at radius 2 is 1.74 bits per heavy atom. The monoisotopic (exact) mass is 354 g/mol. The van der Waals surface area contributed by atoms with Gasteiger partial charge < -0.3 is 0 Å². The summed E-state index contributed by atoms with van der Waals surface area (Å²) >= 11 is 0. The van der Waals surface area contributed by atoms with Crippen LogP contribution in [0.4, 0.5) is 0 Å². The Kier molecular flexibility index (Phi) is 3.82. The zero-order chi connectivity index (χ0) is 18.4. The van der Waals surface area contributed by atoms with Gasteiger partial charge in [-0.05, 0) is 59.6 Å². The molecule has 0 aliphatic heterocycles. The van der Waals surface area contributed by atoms with Gasteiger partial charge >= 0.3 is 0 Å². The number of nitrogens with zero attached hydrogens (tertiary/aromatic N) is 1. The van der Waals surface area contributed by atoms with Crippen molar-refractivity contribution in [1.82, 2.24) is 5.43 Å². The summed E-state index contributed by atoms with van der Waals surface area (Å²) in [7, 11) is 0. The van der Waals surface area contributed by atoms with E-state index in [4.69, 9.17) is 0 Å². The third-order valence-corrected chi connectivity index (χ3v) is 5.96. The lowest BCUT2D eigenvalue weighted by molar-refractivity contribution is -0.122. The fourth-order valence-corrected chi connectivity index (χ4v) is 4.40. The second-order valence-electron chi connectivity index (χ2n) is 7.64. The number of hydrogen-bond acceptors (Lipinski definition) is 2. The fraction of sp³-hybridized carbons (Fsp3) is 0.250. The molecule has 1 amide bonds. The molecule has 3 heteroatoms. The van der Waals surface area contributed by atoms with Gasteiger partial charge in [0, 0.05) is 11.5 Å². The van der Waals surface area contributed by atoms with Gasteiger partial charge in [0.25, 0.3) is 0 Å². The number of amides is 1. The molecule has 27 heavy (non-hydrogen) atoms. The number of aryl methyl sites for hydroxylation is 2. The van der Waals surface area contributed by atoms with E-state index in [2.05, 4.69) is 53.0 Å². The highest BCUT2D eigenvalue weighted by molar-refractivity contribution is 6.11. The van der Waals surface area contributed by atoms with Crippen molar-refractivity contribution < 1.29 is 4.79 Å². The van der Waals surface area contributed by atoms with Crippen molar-refractivity contribution in [2.24, 2.45) is 11.0 Å². The maximum absolute atomic E-state index is 12.5. The van der Waals surface area contributed by atoms with Crippen molar-refractivity contribution in [2.45, 2.75) is 32.1 Å². The van der Waals surface area contributed by atoms with Gasteiger partial charge in [-0.1, -0.05) is 60.7 Å². The van der Waals surface area contributed by atoms with Crippen LogP contribution in [0.15, 0.2) is 65.8 Å². The lowest BCUT2D eigenvalue weighted by Gasteiger charge is -2.09. The first-order valence-electron chi connectivity index (χ1n) is 9.65. The molecule has 3 nitrogen and oxygen atoms in total. The Balaban J connectivity index is 1.35. The van der Waals surface area contributed by atoms with Gasteiger partial charge in [-0.25, -0.2) is 5.43 Å². The molecule has 0 saturated heterocycles. The molecule has 1 saturated carbocycles. The lowest BCUT2D eigenvalue weighted by Crippen LogP contribution is -2.21. The van der Waals surface area contributed by atoms with Gasteiger partial charge in [0.05, 0.1) is 5.71 Å². The Bertz CT molecular complexity index is 1060. The zero-order valence-electron chi connectivity index (χ0n) is 15.4. The normalized spacial score (nSPS) is 20.7. The Labute approximate surface area is 159 Å². The molecule has 0 unspecified atom stereocenters. The number of hydrazone groups is 1. The first kappa shape index (κ1) is 16.2. The topological polar surface area (TPSA) is 41.5 Å². The van der Waals surface area contributed by atoms with Crippen LogP contribution in [-0.4, -0.2) is 11.6 Å². The van der Waals surface area contributed by atoms with E-state index in [0.29, 0.717) is 5.92 Å². The molecule has 0 aromatic heterocycles. The van der Waals surface area contributed by atoms with Crippen LogP contribution in [0.1, 0.15) is 41.5 Å². The van der Waals surface area contributed by atoms with Crippen LogP contribution in [0.2, 0.25) is 0 Å². The van der Waals surface area contributed by atoms with E-state index < -0.39 is 0 Å². The smallest absolute Gasteiger partial charge is 0.243 e. The van der Waals surface area contributed by atoms with E-state index in [1.807, 2.05) is 25.1 Å².